The number of rotatable bonds is 4. The molecule has 0 aliphatic carbocycles. The summed E-state index contributed by atoms with van der Waals surface area (Å²) in [6, 6.07) is -0.576. The number of carbonyl (C=O) groups is 1. The van der Waals surface area contributed by atoms with Crippen molar-refractivity contribution in [3.05, 3.63) is 26.7 Å². The van der Waals surface area contributed by atoms with Gasteiger partial charge in [-0.15, -0.1) is 0 Å². The van der Waals surface area contributed by atoms with Crippen molar-refractivity contribution in [2.24, 2.45) is 5.73 Å². The van der Waals surface area contributed by atoms with E-state index in [4.69, 9.17) is 15.6 Å². The second-order valence-electron chi connectivity index (χ2n) is 4.34. The van der Waals surface area contributed by atoms with E-state index < -0.39 is 12.0 Å². The number of ether oxygens (including phenoxy) is 1. The molecule has 0 heterocycles. The van der Waals surface area contributed by atoms with Gasteiger partial charge in [0.25, 0.3) is 0 Å². The van der Waals surface area contributed by atoms with Crippen LogP contribution in [0.2, 0.25) is 0 Å². The van der Waals surface area contributed by atoms with Gasteiger partial charge in [-0.05, 0) is 37.5 Å². The normalized spacial score (nSPS) is 12.3. The van der Waals surface area contributed by atoms with E-state index in [1.54, 1.807) is 7.11 Å². The molecule has 3 N–H and O–H groups in total. The van der Waals surface area contributed by atoms with E-state index in [1.807, 2.05) is 20.8 Å². The fourth-order valence-electron chi connectivity index (χ4n) is 2.11. The zero-order valence-corrected chi connectivity index (χ0v) is 12.6. The predicted molar refractivity (Wildman–Crippen MR) is 74.1 cm³/mol. The van der Waals surface area contributed by atoms with Crippen LogP contribution in [0.3, 0.4) is 0 Å². The number of nitrogens with two attached hydrogens (primary N) is 1. The van der Waals surface area contributed by atoms with Crippen molar-refractivity contribution in [1.29, 1.82) is 0 Å². The van der Waals surface area contributed by atoms with Crippen molar-refractivity contribution in [2.75, 3.05) is 7.11 Å². The van der Waals surface area contributed by atoms with Crippen LogP contribution in [0.1, 0.15) is 34.7 Å². The maximum absolute atomic E-state index is 10.8. The van der Waals surface area contributed by atoms with Crippen molar-refractivity contribution in [3.8, 4) is 5.75 Å². The van der Waals surface area contributed by atoms with E-state index in [0.29, 0.717) is 5.75 Å². The van der Waals surface area contributed by atoms with Crippen molar-refractivity contribution in [1.82, 2.24) is 0 Å². The van der Waals surface area contributed by atoms with E-state index >= 15 is 0 Å². The fourth-order valence-corrected chi connectivity index (χ4v) is 2.62. The number of carboxylic acid groups (broad SMARTS) is 1. The first-order chi connectivity index (χ1) is 8.31. The average molecular weight is 316 g/mol. The largest absolute Gasteiger partial charge is 0.496 e. The van der Waals surface area contributed by atoms with E-state index in [1.165, 1.54) is 0 Å². The highest BCUT2D eigenvalue weighted by molar-refractivity contribution is 9.10. The van der Waals surface area contributed by atoms with E-state index in [2.05, 4.69) is 15.9 Å². The Morgan fingerprint density at radius 2 is 1.89 bits per heavy atom. The Kier molecular flexibility index (Phi) is 4.76. The summed E-state index contributed by atoms with van der Waals surface area (Å²) in [6.07, 6.45) is -0.119. The number of carboxylic acids is 1. The highest BCUT2D eigenvalue weighted by atomic mass is 79.9. The van der Waals surface area contributed by atoms with Crippen LogP contribution in [-0.2, 0) is 4.79 Å². The Hall–Kier alpha value is -1.07. The molecule has 0 aliphatic rings. The van der Waals surface area contributed by atoms with E-state index in [-0.39, 0.29) is 6.42 Å². The van der Waals surface area contributed by atoms with Crippen LogP contribution in [-0.4, -0.2) is 18.2 Å². The van der Waals surface area contributed by atoms with Gasteiger partial charge < -0.3 is 15.6 Å². The van der Waals surface area contributed by atoms with E-state index in [9.17, 15) is 4.79 Å². The van der Waals surface area contributed by atoms with Crippen molar-refractivity contribution in [2.45, 2.75) is 33.2 Å². The topological polar surface area (TPSA) is 72.5 Å². The van der Waals surface area contributed by atoms with Crippen LogP contribution in [0, 0.1) is 20.8 Å². The van der Waals surface area contributed by atoms with Crippen LogP contribution in [0.4, 0.5) is 0 Å². The Morgan fingerprint density at radius 3 is 2.33 bits per heavy atom. The van der Waals surface area contributed by atoms with Crippen LogP contribution in [0.25, 0.3) is 0 Å². The third-order valence-electron chi connectivity index (χ3n) is 3.18. The van der Waals surface area contributed by atoms with Gasteiger partial charge in [0, 0.05) is 16.1 Å². The molecule has 0 saturated carbocycles. The molecule has 0 fully saturated rings. The summed E-state index contributed by atoms with van der Waals surface area (Å²) in [5.74, 6) is -0.236. The molecule has 0 bridgehead atoms. The summed E-state index contributed by atoms with van der Waals surface area (Å²) in [6.45, 7) is 5.84. The smallest absolute Gasteiger partial charge is 0.305 e. The summed E-state index contributed by atoms with van der Waals surface area (Å²) < 4.78 is 6.36. The van der Waals surface area contributed by atoms with Gasteiger partial charge in [-0.3, -0.25) is 4.79 Å². The predicted octanol–water partition coefficient (Wildman–Crippen LogP) is 2.86. The minimum atomic E-state index is -0.918. The second kappa shape index (κ2) is 5.71. The lowest BCUT2D eigenvalue weighted by molar-refractivity contribution is -0.137. The first kappa shape index (κ1) is 15.0. The highest BCUT2D eigenvalue weighted by Gasteiger charge is 2.22. The minimum Gasteiger partial charge on any atom is -0.496 e. The standard InChI is InChI=1S/C13H18BrNO3/c1-6-7(2)13(18-4)11(8(3)12(6)14)9(15)5-10(16)17/h9H,5,15H2,1-4H3,(H,16,17). The molecule has 0 spiro atoms. The third-order valence-corrected chi connectivity index (χ3v) is 4.37. The number of hydrogen-bond acceptors (Lipinski definition) is 3. The highest BCUT2D eigenvalue weighted by Crippen LogP contribution is 2.39. The molecule has 0 aromatic heterocycles. The molecule has 1 unspecified atom stereocenters. The Morgan fingerprint density at radius 1 is 1.33 bits per heavy atom. The molecule has 0 amide bonds. The molecule has 0 aliphatic heterocycles. The van der Waals surface area contributed by atoms with Crippen molar-refractivity contribution >= 4 is 21.9 Å². The lowest BCUT2D eigenvalue weighted by Gasteiger charge is -2.22. The molecule has 0 radical (unpaired) electrons. The zero-order valence-electron chi connectivity index (χ0n) is 11.0. The van der Waals surface area contributed by atoms with Gasteiger partial charge >= 0.3 is 5.97 Å². The zero-order chi connectivity index (χ0) is 14.0. The van der Waals surface area contributed by atoms with Crippen LogP contribution in [0.5, 0.6) is 5.75 Å². The van der Waals surface area contributed by atoms with Gasteiger partial charge in [0.15, 0.2) is 0 Å². The number of aliphatic carboxylic acids is 1. The third kappa shape index (κ3) is 2.67. The summed E-state index contributed by atoms with van der Waals surface area (Å²) in [5, 5.41) is 8.86. The van der Waals surface area contributed by atoms with Crippen molar-refractivity contribution < 1.29 is 14.6 Å². The fraction of sp³-hybridized carbons (Fsp3) is 0.462. The minimum absolute atomic E-state index is 0.119. The van der Waals surface area contributed by atoms with Crippen LogP contribution >= 0.6 is 15.9 Å². The summed E-state index contributed by atoms with van der Waals surface area (Å²) in [7, 11) is 1.58. The van der Waals surface area contributed by atoms with Crippen LogP contribution in [0.15, 0.2) is 4.47 Å². The molecular weight excluding hydrogens is 298 g/mol. The maximum Gasteiger partial charge on any atom is 0.305 e. The molecular formula is C13H18BrNO3. The summed E-state index contributed by atoms with van der Waals surface area (Å²) in [4.78, 5) is 10.8. The van der Waals surface area contributed by atoms with Gasteiger partial charge in [-0.2, -0.15) is 0 Å². The number of benzene rings is 1. The lowest BCUT2D eigenvalue weighted by Crippen LogP contribution is -2.18. The number of methoxy groups -OCH3 is 1. The maximum atomic E-state index is 10.8. The van der Waals surface area contributed by atoms with Crippen molar-refractivity contribution in [3.63, 3.8) is 0 Å². The molecule has 18 heavy (non-hydrogen) atoms. The molecule has 1 aromatic rings. The van der Waals surface area contributed by atoms with Gasteiger partial charge in [0.2, 0.25) is 0 Å². The SMILES string of the molecule is COc1c(C)c(C)c(Br)c(C)c1C(N)CC(=O)O. The Balaban J connectivity index is 3.46. The molecule has 4 nitrogen and oxygen atoms in total. The molecule has 1 aromatic carbocycles. The van der Waals surface area contributed by atoms with Gasteiger partial charge in [-0.25, -0.2) is 0 Å². The second-order valence-corrected chi connectivity index (χ2v) is 5.13. The van der Waals surface area contributed by atoms with Gasteiger partial charge in [0.1, 0.15) is 5.75 Å². The van der Waals surface area contributed by atoms with Crippen LogP contribution < -0.4 is 10.5 Å². The first-order valence-electron chi connectivity index (χ1n) is 5.61. The summed E-state index contributed by atoms with van der Waals surface area (Å²) >= 11 is 3.52. The molecule has 1 rings (SSSR count). The Labute approximate surface area is 115 Å². The van der Waals surface area contributed by atoms with Gasteiger partial charge in [0.05, 0.1) is 13.5 Å². The number of hydrogen-bond donors (Lipinski definition) is 2. The number of halogens is 1. The quantitative estimate of drug-likeness (QED) is 0.896. The monoisotopic (exact) mass is 315 g/mol. The molecule has 1 atom stereocenters. The molecule has 100 valence electrons. The Bertz CT molecular complexity index is 486. The first-order valence-corrected chi connectivity index (χ1v) is 6.41. The summed E-state index contributed by atoms with van der Waals surface area (Å²) in [5.41, 5.74) is 9.73. The average Bonchev–Trinajstić information content (AvgIpc) is 2.29. The molecule has 0 saturated heterocycles. The lowest BCUT2D eigenvalue weighted by atomic mass is 9.93. The molecule has 5 heteroatoms. The van der Waals surface area contributed by atoms with E-state index in [0.717, 1.165) is 26.7 Å². The van der Waals surface area contributed by atoms with Gasteiger partial charge in [-0.1, -0.05) is 15.9 Å².